The molecule has 0 unspecified atom stereocenters. The molecule has 1 saturated heterocycles. The van der Waals surface area contributed by atoms with Crippen LogP contribution in [0.2, 0.25) is 0 Å². The molecule has 1 aromatic rings. The van der Waals surface area contributed by atoms with E-state index >= 15 is 0 Å². The summed E-state index contributed by atoms with van der Waals surface area (Å²) >= 11 is 3.28. The first-order valence-electron chi connectivity index (χ1n) is 5.62. The number of amides is 1. The van der Waals surface area contributed by atoms with Crippen LogP contribution in [-0.4, -0.2) is 18.5 Å². The number of carbonyl (C=O) groups excluding carboxylic acids is 1. The maximum Gasteiger partial charge on any atom is 0.237 e. The van der Waals surface area contributed by atoms with E-state index in [1.165, 1.54) is 6.07 Å². The summed E-state index contributed by atoms with van der Waals surface area (Å²) in [4.78, 5) is 11.7. The quantitative estimate of drug-likeness (QED) is 0.896. The van der Waals surface area contributed by atoms with E-state index in [1.807, 2.05) is 0 Å². The van der Waals surface area contributed by atoms with Gasteiger partial charge < -0.3 is 10.6 Å². The minimum Gasteiger partial charge on any atom is -0.351 e. The largest absolute Gasteiger partial charge is 0.351 e. The molecule has 0 saturated carbocycles. The summed E-state index contributed by atoms with van der Waals surface area (Å²) in [5.74, 6) is -0.352. The summed E-state index contributed by atoms with van der Waals surface area (Å²) < 4.78 is 14.2. The van der Waals surface area contributed by atoms with Crippen molar-refractivity contribution < 1.29 is 9.18 Å². The number of carbonyl (C=O) groups is 1. The van der Waals surface area contributed by atoms with Crippen LogP contribution in [-0.2, 0) is 11.3 Å². The highest BCUT2D eigenvalue weighted by molar-refractivity contribution is 9.10. The van der Waals surface area contributed by atoms with Crippen LogP contribution in [0.15, 0.2) is 22.7 Å². The van der Waals surface area contributed by atoms with Gasteiger partial charge in [-0.3, -0.25) is 4.79 Å². The fraction of sp³-hybridized carbons (Fsp3) is 0.417. The number of halogens is 2. The van der Waals surface area contributed by atoms with Crippen molar-refractivity contribution in [2.75, 3.05) is 6.54 Å². The molecule has 0 aliphatic carbocycles. The highest BCUT2D eigenvalue weighted by Crippen LogP contribution is 2.15. The summed E-state index contributed by atoms with van der Waals surface area (Å²) in [5, 5.41) is 5.85. The van der Waals surface area contributed by atoms with E-state index in [0.29, 0.717) is 5.56 Å². The summed E-state index contributed by atoms with van der Waals surface area (Å²) in [6, 6.07) is 4.58. The van der Waals surface area contributed by atoms with Crippen LogP contribution in [0.3, 0.4) is 0 Å². The van der Waals surface area contributed by atoms with Crippen molar-refractivity contribution in [1.29, 1.82) is 0 Å². The van der Waals surface area contributed by atoms with E-state index in [4.69, 9.17) is 0 Å². The zero-order valence-corrected chi connectivity index (χ0v) is 10.9. The molecule has 2 rings (SSSR count). The molecule has 1 aromatic carbocycles. The zero-order chi connectivity index (χ0) is 12.3. The highest BCUT2D eigenvalue weighted by Gasteiger charge is 2.21. The number of rotatable bonds is 3. The molecule has 92 valence electrons. The van der Waals surface area contributed by atoms with Crippen molar-refractivity contribution in [3.8, 4) is 0 Å². The Morgan fingerprint density at radius 3 is 3.12 bits per heavy atom. The van der Waals surface area contributed by atoms with Crippen molar-refractivity contribution in [1.82, 2.24) is 10.6 Å². The first-order valence-corrected chi connectivity index (χ1v) is 6.41. The molecule has 1 aliphatic heterocycles. The van der Waals surface area contributed by atoms with Crippen molar-refractivity contribution in [2.45, 2.75) is 25.4 Å². The molecule has 0 aromatic heterocycles. The Morgan fingerprint density at radius 2 is 2.41 bits per heavy atom. The molecule has 5 heteroatoms. The highest BCUT2D eigenvalue weighted by atomic mass is 79.9. The lowest BCUT2D eigenvalue weighted by atomic mass is 10.2. The van der Waals surface area contributed by atoms with E-state index in [1.54, 1.807) is 12.1 Å². The Labute approximate surface area is 108 Å². The maximum absolute atomic E-state index is 13.4. The van der Waals surface area contributed by atoms with E-state index in [2.05, 4.69) is 26.6 Å². The summed E-state index contributed by atoms with van der Waals surface area (Å²) in [7, 11) is 0. The minimum atomic E-state index is -0.298. The van der Waals surface area contributed by atoms with Crippen LogP contribution < -0.4 is 10.6 Å². The molecule has 0 radical (unpaired) electrons. The summed E-state index contributed by atoms with van der Waals surface area (Å²) in [5.41, 5.74) is 0.491. The van der Waals surface area contributed by atoms with Gasteiger partial charge in [0.1, 0.15) is 5.82 Å². The first kappa shape index (κ1) is 12.5. The third-order valence-electron chi connectivity index (χ3n) is 2.84. The van der Waals surface area contributed by atoms with Crippen LogP contribution in [0.5, 0.6) is 0 Å². The number of hydrogen-bond donors (Lipinski definition) is 2. The smallest absolute Gasteiger partial charge is 0.237 e. The SMILES string of the molecule is O=C(NCc1cc(Br)ccc1F)[C@H]1CCCN1. The van der Waals surface area contributed by atoms with Gasteiger partial charge >= 0.3 is 0 Å². The predicted octanol–water partition coefficient (Wildman–Crippen LogP) is 1.96. The van der Waals surface area contributed by atoms with Crippen molar-refractivity contribution in [3.05, 3.63) is 34.1 Å². The average Bonchev–Trinajstić information content (AvgIpc) is 2.83. The van der Waals surface area contributed by atoms with Crippen molar-refractivity contribution in [2.24, 2.45) is 0 Å². The molecule has 1 aliphatic rings. The second-order valence-corrected chi connectivity index (χ2v) is 5.02. The first-order chi connectivity index (χ1) is 8.16. The fourth-order valence-electron chi connectivity index (χ4n) is 1.89. The Bertz CT molecular complexity index is 419. The molecule has 1 heterocycles. The van der Waals surface area contributed by atoms with E-state index < -0.39 is 0 Å². The predicted molar refractivity (Wildman–Crippen MR) is 67.0 cm³/mol. The van der Waals surface area contributed by atoms with E-state index in [9.17, 15) is 9.18 Å². The van der Waals surface area contributed by atoms with Gasteiger partial charge in [-0.05, 0) is 37.6 Å². The second kappa shape index (κ2) is 5.60. The van der Waals surface area contributed by atoms with Gasteiger partial charge in [-0.25, -0.2) is 4.39 Å². The average molecular weight is 301 g/mol. The normalized spacial score (nSPS) is 19.3. The van der Waals surface area contributed by atoms with Crippen LogP contribution in [0, 0.1) is 5.82 Å². The summed E-state index contributed by atoms with van der Waals surface area (Å²) in [6.45, 7) is 1.10. The summed E-state index contributed by atoms with van der Waals surface area (Å²) in [6.07, 6.45) is 1.87. The van der Waals surface area contributed by atoms with Crippen molar-refractivity contribution in [3.63, 3.8) is 0 Å². The van der Waals surface area contributed by atoms with Gasteiger partial charge in [-0.1, -0.05) is 15.9 Å². The molecule has 2 N–H and O–H groups in total. The second-order valence-electron chi connectivity index (χ2n) is 4.10. The maximum atomic E-state index is 13.4. The monoisotopic (exact) mass is 300 g/mol. The Kier molecular flexibility index (Phi) is 4.12. The fourth-order valence-corrected chi connectivity index (χ4v) is 2.30. The molecule has 17 heavy (non-hydrogen) atoms. The number of nitrogens with one attached hydrogen (secondary N) is 2. The molecule has 1 amide bonds. The molecule has 1 fully saturated rings. The molecular weight excluding hydrogens is 287 g/mol. The molecule has 0 spiro atoms. The Balaban J connectivity index is 1.92. The van der Waals surface area contributed by atoms with Gasteiger partial charge in [0, 0.05) is 16.6 Å². The van der Waals surface area contributed by atoms with Gasteiger partial charge in [-0.15, -0.1) is 0 Å². The zero-order valence-electron chi connectivity index (χ0n) is 9.30. The number of hydrogen-bond acceptors (Lipinski definition) is 2. The lowest BCUT2D eigenvalue weighted by Crippen LogP contribution is -2.40. The van der Waals surface area contributed by atoms with Crippen molar-refractivity contribution >= 4 is 21.8 Å². The van der Waals surface area contributed by atoms with Crippen LogP contribution >= 0.6 is 15.9 Å². The van der Waals surface area contributed by atoms with Gasteiger partial charge in [0.25, 0.3) is 0 Å². The van der Waals surface area contributed by atoms with Gasteiger partial charge in [0.05, 0.1) is 6.04 Å². The van der Waals surface area contributed by atoms with Gasteiger partial charge in [0.15, 0.2) is 0 Å². The van der Waals surface area contributed by atoms with Crippen LogP contribution in [0.4, 0.5) is 4.39 Å². The van der Waals surface area contributed by atoms with Crippen LogP contribution in [0.25, 0.3) is 0 Å². The lowest BCUT2D eigenvalue weighted by Gasteiger charge is -2.11. The molecular formula is C12H14BrFN2O. The van der Waals surface area contributed by atoms with E-state index in [0.717, 1.165) is 23.9 Å². The topological polar surface area (TPSA) is 41.1 Å². The Hall–Kier alpha value is -0.940. The third-order valence-corrected chi connectivity index (χ3v) is 3.33. The Morgan fingerprint density at radius 1 is 1.59 bits per heavy atom. The molecule has 3 nitrogen and oxygen atoms in total. The third kappa shape index (κ3) is 3.26. The minimum absolute atomic E-state index is 0.0538. The molecule has 1 atom stereocenters. The standard InChI is InChI=1S/C12H14BrFN2O/c13-9-3-4-10(14)8(6-9)7-16-12(17)11-2-1-5-15-11/h3-4,6,11,15H,1-2,5,7H2,(H,16,17)/t11-/m1/s1. The van der Waals surface area contributed by atoms with Gasteiger partial charge in [-0.2, -0.15) is 0 Å². The van der Waals surface area contributed by atoms with Crippen LogP contribution in [0.1, 0.15) is 18.4 Å². The van der Waals surface area contributed by atoms with E-state index in [-0.39, 0.29) is 24.3 Å². The molecule has 0 bridgehead atoms. The number of benzene rings is 1. The van der Waals surface area contributed by atoms with Gasteiger partial charge in [0.2, 0.25) is 5.91 Å². The lowest BCUT2D eigenvalue weighted by molar-refractivity contribution is -0.122.